The van der Waals surface area contributed by atoms with Gasteiger partial charge >= 0.3 is 0 Å². The van der Waals surface area contributed by atoms with Crippen LogP contribution in [0.4, 0.5) is 0 Å². The Morgan fingerprint density at radius 3 is 1.20 bits per heavy atom. The molecule has 0 aliphatic heterocycles. The lowest BCUT2D eigenvalue weighted by molar-refractivity contribution is 0.0823. The van der Waals surface area contributed by atoms with Gasteiger partial charge in [-0.05, 0) is 43.4 Å². The maximum Gasteiger partial charge on any atom is -0.0269 e. The Hall–Kier alpha value is 0. The molecule has 2 unspecified atom stereocenters. The Labute approximate surface area is 193 Å². The van der Waals surface area contributed by atoms with Gasteiger partial charge in [-0.25, -0.2) is 0 Å². The zero-order chi connectivity index (χ0) is 22.3. The fraction of sp³-hybridized carbons (Fsp3) is 1.00. The molecule has 0 rings (SSSR count). The molecule has 0 amide bonds. The molecular weight excluding hydrogens is 360 g/mol. The lowest BCUT2D eigenvalue weighted by atomic mass is 9.62. The molecular formula is C30H62. The highest BCUT2D eigenvalue weighted by atomic mass is 14.4. The van der Waals surface area contributed by atoms with Gasteiger partial charge in [-0.3, -0.25) is 0 Å². The molecule has 0 aromatic rings. The van der Waals surface area contributed by atoms with Gasteiger partial charge in [0.2, 0.25) is 0 Å². The Kier molecular flexibility index (Phi) is 22.2. The van der Waals surface area contributed by atoms with E-state index in [1.54, 1.807) is 0 Å². The minimum atomic E-state index is 0.663. The minimum Gasteiger partial charge on any atom is -0.0654 e. The molecule has 0 saturated carbocycles. The van der Waals surface area contributed by atoms with E-state index >= 15 is 0 Å². The number of rotatable bonds is 24. The van der Waals surface area contributed by atoms with E-state index < -0.39 is 0 Å². The van der Waals surface area contributed by atoms with Crippen molar-refractivity contribution in [3.63, 3.8) is 0 Å². The van der Waals surface area contributed by atoms with Crippen molar-refractivity contribution in [2.24, 2.45) is 11.3 Å². The van der Waals surface area contributed by atoms with Crippen molar-refractivity contribution < 1.29 is 0 Å². The molecule has 0 nitrogen and oxygen atoms in total. The van der Waals surface area contributed by atoms with Crippen LogP contribution in [-0.2, 0) is 0 Å². The quantitative estimate of drug-likeness (QED) is 0.136. The van der Waals surface area contributed by atoms with Crippen molar-refractivity contribution >= 4 is 0 Å². The summed E-state index contributed by atoms with van der Waals surface area (Å²) in [5.74, 6) is 1.00. The molecule has 182 valence electrons. The van der Waals surface area contributed by atoms with E-state index in [2.05, 4.69) is 34.6 Å². The first-order chi connectivity index (χ1) is 14.7. The summed E-state index contributed by atoms with van der Waals surface area (Å²) in [5, 5.41) is 0. The molecule has 2 atom stereocenters. The van der Waals surface area contributed by atoms with Crippen LogP contribution in [0, 0.1) is 11.3 Å². The topological polar surface area (TPSA) is 0 Å². The van der Waals surface area contributed by atoms with E-state index in [1.165, 1.54) is 148 Å². The molecule has 0 aromatic carbocycles. The average molecular weight is 423 g/mol. The lowest BCUT2D eigenvalue weighted by Gasteiger charge is -2.43. The minimum absolute atomic E-state index is 0.663. The Morgan fingerprint density at radius 1 is 0.367 bits per heavy atom. The first-order valence-electron chi connectivity index (χ1n) is 14.7. The summed E-state index contributed by atoms with van der Waals surface area (Å²) in [6, 6.07) is 0. The molecule has 0 N–H and O–H groups in total. The third-order valence-electron chi connectivity index (χ3n) is 7.76. The van der Waals surface area contributed by atoms with Gasteiger partial charge in [0.05, 0.1) is 0 Å². The smallest absolute Gasteiger partial charge is 0.0269 e. The molecule has 0 aliphatic rings. The van der Waals surface area contributed by atoms with Crippen LogP contribution in [0.5, 0.6) is 0 Å². The predicted octanol–water partition coefficient (Wildman–Crippen LogP) is 11.7. The SMILES string of the molecule is CCCCCCCC(CCCCCC)C(CCCC)(CCCCC)CCCCCC. The average Bonchev–Trinajstić information content (AvgIpc) is 2.76. The molecule has 0 fully saturated rings. The maximum absolute atomic E-state index is 2.41. The van der Waals surface area contributed by atoms with Crippen LogP contribution >= 0.6 is 0 Å². The highest BCUT2D eigenvalue weighted by molar-refractivity contribution is 4.87. The van der Waals surface area contributed by atoms with Crippen LogP contribution in [-0.4, -0.2) is 0 Å². The Morgan fingerprint density at radius 2 is 0.700 bits per heavy atom. The van der Waals surface area contributed by atoms with Gasteiger partial charge in [0.1, 0.15) is 0 Å². The molecule has 0 spiro atoms. The molecule has 0 heteroatoms. The van der Waals surface area contributed by atoms with Crippen molar-refractivity contribution in [2.45, 2.75) is 182 Å². The van der Waals surface area contributed by atoms with Crippen LogP contribution in [0.2, 0.25) is 0 Å². The highest BCUT2D eigenvalue weighted by Gasteiger charge is 2.36. The summed E-state index contributed by atoms with van der Waals surface area (Å²) in [7, 11) is 0. The van der Waals surface area contributed by atoms with Gasteiger partial charge in [-0.1, -0.05) is 150 Å². The van der Waals surface area contributed by atoms with Gasteiger partial charge in [-0.15, -0.1) is 0 Å². The monoisotopic (exact) mass is 422 g/mol. The van der Waals surface area contributed by atoms with E-state index in [0.717, 1.165) is 5.92 Å². The van der Waals surface area contributed by atoms with Crippen LogP contribution in [0.3, 0.4) is 0 Å². The van der Waals surface area contributed by atoms with Crippen molar-refractivity contribution in [1.29, 1.82) is 0 Å². The Balaban J connectivity index is 5.28. The number of hydrogen-bond donors (Lipinski definition) is 0. The van der Waals surface area contributed by atoms with Crippen molar-refractivity contribution in [1.82, 2.24) is 0 Å². The fourth-order valence-electron chi connectivity index (χ4n) is 5.72. The normalized spacial score (nSPS) is 14.7. The van der Waals surface area contributed by atoms with Crippen LogP contribution in [0.25, 0.3) is 0 Å². The fourth-order valence-corrected chi connectivity index (χ4v) is 5.72. The summed E-state index contributed by atoms with van der Waals surface area (Å²) in [4.78, 5) is 0. The molecule has 0 bridgehead atoms. The highest BCUT2D eigenvalue weighted by Crippen LogP contribution is 2.48. The molecule has 0 radical (unpaired) electrons. The Bertz CT molecular complexity index is 320. The second-order valence-corrected chi connectivity index (χ2v) is 10.5. The lowest BCUT2D eigenvalue weighted by Crippen LogP contribution is -2.31. The molecule has 30 heavy (non-hydrogen) atoms. The van der Waals surface area contributed by atoms with Crippen molar-refractivity contribution in [2.75, 3.05) is 0 Å². The van der Waals surface area contributed by atoms with Crippen molar-refractivity contribution in [3.8, 4) is 0 Å². The molecule has 0 saturated heterocycles. The van der Waals surface area contributed by atoms with Crippen LogP contribution in [0.15, 0.2) is 0 Å². The number of unbranched alkanes of at least 4 members (excludes halogenated alkanes) is 13. The first-order valence-corrected chi connectivity index (χ1v) is 14.7. The van der Waals surface area contributed by atoms with Crippen LogP contribution in [0.1, 0.15) is 182 Å². The summed E-state index contributed by atoms with van der Waals surface area (Å²) in [5.41, 5.74) is 0.663. The van der Waals surface area contributed by atoms with Gasteiger partial charge < -0.3 is 0 Å². The number of hydrogen-bond acceptors (Lipinski definition) is 0. The van der Waals surface area contributed by atoms with E-state index in [0.29, 0.717) is 5.41 Å². The van der Waals surface area contributed by atoms with Gasteiger partial charge in [0.15, 0.2) is 0 Å². The third-order valence-corrected chi connectivity index (χ3v) is 7.76. The van der Waals surface area contributed by atoms with E-state index in [4.69, 9.17) is 0 Å². The first kappa shape index (κ1) is 30.0. The zero-order valence-corrected chi connectivity index (χ0v) is 22.3. The second-order valence-electron chi connectivity index (χ2n) is 10.5. The largest absolute Gasteiger partial charge is 0.0654 e. The van der Waals surface area contributed by atoms with E-state index in [9.17, 15) is 0 Å². The van der Waals surface area contributed by atoms with Gasteiger partial charge in [-0.2, -0.15) is 0 Å². The molecule has 0 aliphatic carbocycles. The summed E-state index contributed by atoms with van der Waals surface area (Å²) in [6.07, 6.45) is 33.6. The van der Waals surface area contributed by atoms with E-state index in [-0.39, 0.29) is 0 Å². The molecule has 0 aromatic heterocycles. The predicted molar refractivity (Wildman–Crippen MR) is 140 cm³/mol. The summed E-state index contributed by atoms with van der Waals surface area (Å²) in [6.45, 7) is 11.9. The van der Waals surface area contributed by atoms with Crippen LogP contribution < -0.4 is 0 Å². The molecule has 0 heterocycles. The van der Waals surface area contributed by atoms with E-state index in [1.807, 2.05) is 0 Å². The second kappa shape index (κ2) is 22.2. The van der Waals surface area contributed by atoms with Gasteiger partial charge in [0, 0.05) is 0 Å². The zero-order valence-electron chi connectivity index (χ0n) is 22.3. The summed E-state index contributed by atoms with van der Waals surface area (Å²) < 4.78 is 0. The standard InChI is InChI=1S/C30H62/c1-6-11-16-19-21-25-29(24-20-17-12-7-2)30(26-15-10-5,27-22-14-9-4)28-23-18-13-8-3/h29H,6-28H2,1-5H3. The van der Waals surface area contributed by atoms with Crippen molar-refractivity contribution in [3.05, 3.63) is 0 Å². The summed E-state index contributed by atoms with van der Waals surface area (Å²) >= 11 is 0. The third kappa shape index (κ3) is 14.9. The maximum atomic E-state index is 2.41. The van der Waals surface area contributed by atoms with Gasteiger partial charge in [0.25, 0.3) is 0 Å².